The summed E-state index contributed by atoms with van der Waals surface area (Å²) in [6.07, 6.45) is 1.39. The van der Waals surface area contributed by atoms with Crippen molar-refractivity contribution >= 4 is 17.7 Å². The van der Waals surface area contributed by atoms with Gasteiger partial charge >= 0.3 is 0 Å². The third kappa shape index (κ3) is 4.52. The number of aromatic hydroxyl groups is 1. The summed E-state index contributed by atoms with van der Waals surface area (Å²) in [7, 11) is 1.44. The zero-order valence-electron chi connectivity index (χ0n) is 13.9. The highest BCUT2D eigenvalue weighted by atomic mass is 16.5. The van der Waals surface area contributed by atoms with E-state index in [1.165, 1.54) is 19.3 Å². The molecule has 0 unspecified atom stereocenters. The lowest BCUT2D eigenvalue weighted by Gasteiger charge is -2.10. The lowest BCUT2D eigenvalue weighted by Crippen LogP contribution is -2.14. The molecule has 0 spiro atoms. The van der Waals surface area contributed by atoms with E-state index >= 15 is 0 Å². The van der Waals surface area contributed by atoms with Gasteiger partial charge in [0.25, 0.3) is 5.91 Å². The van der Waals surface area contributed by atoms with Crippen molar-refractivity contribution < 1.29 is 19.4 Å². The van der Waals surface area contributed by atoms with E-state index in [4.69, 9.17) is 9.47 Å². The quantitative estimate of drug-likeness (QED) is 0.622. The Morgan fingerprint density at radius 1 is 1.28 bits per heavy atom. The van der Waals surface area contributed by atoms with Gasteiger partial charge in [0, 0.05) is 0 Å². The van der Waals surface area contributed by atoms with Crippen molar-refractivity contribution in [3.05, 3.63) is 53.6 Å². The van der Waals surface area contributed by atoms with E-state index in [0.29, 0.717) is 29.4 Å². The molecule has 6 heteroatoms. The number of ether oxygens (including phenoxy) is 2. The van der Waals surface area contributed by atoms with Crippen LogP contribution in [0.4, 0.5) is 5.69 Å². The first-order chi connectivity index (χ1) is 12.1. The highest BCUT2D eigenvalue weighted by Gasteiger charge is 2.13. The number of nitriles is 1. The van der Waals surface area contributed by atoms with Crippen LogP contribution < -0.4 is 14.8 Å². The molecular formula is C19H18N2O4. The van der Waals surface area contributed by atoms with Crippen molar-refractivity contribution in [2.24, 2.45) is 0 Å². The van der Waals surface area contributed by atoms with Crippen molar-refractivity contribution in [1.29, 1.82) is 5.26 Å². The van der Waals surface area contributed by atoms with E-state index in [0.717, 1.165) is 0 Å². The molecule has 2 N–H and O–H groups in total. The van der Waals surface area contributed by atoms with Crippen LogP contribution >= 0.6 is 0 Å². The molecule has 0 aliphatic rings. The number of benzene rings is 2. The normalized spacial score (nSPS) is 10.7. The second-order valence-corrected chi connectivity index (χ2v) is 4.98. The van der Waals surface area contributed by atoms with Crippen LogP contribution in [0.3, 0.4) is 0 Å². The molecule has 0 fully saturated rings. The first-order valence-electron chi connectivity index (χ1n) is 7.61. The fourth-order valence-corrected chi connectivity index (χ4v) is 2.15. The molecule has 2 rings (SSSR count). The Kier molecular flexibility index (Phi) is 6.02. The molecule has 128 valence electrons. The molecule has 0 heterocycles. The smallest absolute Gasteiger partial charge is 0.266 e. The number of amides is 1. The van der Waals surface area contributed by atoms with Gasteiger partial charge in [-0.3, -0.25) is 4.79 Å². The number of anilines is 1. The van der Waals surface area contributed by atoms with Gasteiger partial charge in [-0.05, 0) is 42.8 Å². The summed E-state index contributed by atoms with van der Waals surface area (Å²) < 4.78 is 10.4. The molecule has 25 heavy (non-hydrogen) atoms. The van der Waals surface area contributed by atoms with E-state index in [9.17, 15) is 15.2 Å². The van der Waals surface area contributed by atoms with Crippen LogP contribution in [-0.2, 0) is 4.79 Å². The summed E-state index contributed by atoms with van der Waals surface area (Å²) in [6.45, 7) is 2.30. The summed E-state index contributed by atoms with van der Waals surface area (Å²) in [4.78, 5) is 12.4. The fraction of sp³-hybridized carbons (Fsp3) is 0.158. The number of rotatable bonds is 6. The molecule has 0 aliphatic carbocycles. The van der Waals surface area contributed by atoms with E-state index in [1.54, 1.807) is 36.4 Å². The van der Waals surface area contributed by atoms with Crippen molar-refractivity contribution in [2.45, 2.75) is 6.92 Å². The zero-order chi connectivity index (χ0) is 18.2. The maximum absolute atomic E-state index is 12.4. The zero-order valence-corrected chi connectivity index (χ0v) is 13.9. The van der Waals surface area contributed by atoms with E-state index in [1.807, 2.05) is 13.0 Å². The number of phenols is 1. The first-order valence-corrected chi connectivity index (χ1v) is 7.61. The average molecular weight is 338 g/mol. The molecule has 0 atom stereocenters. The Balaban J connectivity index is 2.24. The van der Waals surface area contributed by atoms with Gasteiger partial charge in [-0.25, -0.2) is 0 Å². The Hall–Kier alpha value is -3.46. The maximum Gasteiger partial charge on any atom is 0.266 e. The highest BCUT2D eigenvalue weighted by Crippen LogP contribution is 2.28. The van der Waals surface area contributed by atoms with Gasteiger partial charge in [-0.2, -0.15) is 5.26 Å². The lowest BCUT2D eigenvalue weighted by atomic mass is 10.1. The van der Waals surface area contributed by atoms with Gasteiger partial charge in [-0.1, -0.05) is 18.2 Å². The standard InChI is InChI=1S/C19H18N2O4/c1-3-25-17-7-5-4-6-15(17)21-19(23)14(12-20)10-13-8-9-18(24-2)16(22)11-13/h4-11,22H,3H2,1-2H3,(H,21,23)/b14-10+. The monoisotopic (exact) mass is 338 g/mol. The molecule has 0 saturated heterocycles. The predicted molar refractivity (Wildman–Crippen MR) is 94.5 cm³/mol. The molecule has 0 saturated carbocycles. The van der Waals surface area contributed by atoms with Gasteiger partial charge in [0.1, 0.15) is 17.4 Å². The van der Waals surface area contributed by atoms with Gasteiger partial charge in [0.2, 0.25) is 0 Å². The molecule has 0 bridgehead atoms. The number of para-hydroxylation sites is 2. The Morgan fingerprint density at radius 3 is 2.68 bits per heavy atom. The van der Waals surface area contributed by atoms with Gasteiger partial charge in [-0.15, -0.1) is 0 Å². The van der Waals surface area contributed by atoms with Crippen LogP contribution in [0.15, 0.2) is 48.0 Å². The number of methoxy groups -OCH3 is 1. The minimum absolute atomic E-state index is 0.0735. The second kappa shape index (κ2) is 8.41. The van der Waals surface area contributed by atoms with Crippen LogP contribution in [0.5, 0.6) is 17.2 Å². The molecule has 1 amide bonds. The second-order valence-electron chi connectivity index (χ2n) is 4.98. The summed E-state index contributed by atoms with van der Waals surface area (Å²) in [5.41, 5.74) is 0.882. The van der Waals surface area contributed by atoms with Crippen molar-refractivity contribution in [3.8, 4) is 23.3 Å². The number of hydrogen-bond donors (Lipinski definition) is 2. The first kappa shape index (κ1) is 17.9. The lowest BCUT2D eigenvalue weighted by molar-refractivity contribution is -0.112. The maximum atomic E-state index is 12.4. The number of phenolic OH excluding ortho intramolecular Hbond substituents is 1. The van der Waals surface area contributed by atoms with Crippen molar-refractivity contribution in [3.63, 3.8) is 0 Å². The van der Waals surface area contributed by atoms with E-state index in [-0.39, 0.29) is 11.3 Å². The number of hydrogen-bond acceptors (Lipinski definition) is 5. The van der Waals surface area contributed by atoms with E-state index in [2.05, 4.69) is 5.32 Å². The van der Waals surface area contributed by atoms with Gasteiger partial charge in [0.05, 0.1) is 19.4 Å². The molecule has 0 aromatic heterocycles. The van der Waals surface area contributed by atoms with Crippen molar-refractivity contribution in [1.82, 2.24) is 0 Å². The largest absolute Gasteiger partial charge is 0.504 e. The molecule has 0 aliphatic heterocycles. The summed E-state index contributed by atoms with van der Waals surface area (Å²) in [6, 6.07) is 13.4. The minimum Gasteiger partial charge on any atom is -0.504 e. The minimum atomic E-state index is -0.565. The summed E-state index contributed by atoms with van der Waals surface area (Å²) in [5, 5.41) is 21.7. The summed E-state index contributed by atoms with van der Waals surface area (Å²) in [5.74, 6) is 0.198. The van der Waals surface area contributed by atoms with Crippen LogP contribution in [-0.4, -0.2) is 24.7 Å². The fourth-order valence-electron chi connectivity index (χ4n) is 2.15. The topological polar surface area (TPSA) is 91.6 Å². The van der Waals surface area contributed by atoms with E-state index < -0.39 is 5.91 Å². The highest BCUT2D eigenvalue weighted by molar-refractivity contribution is 6.10. The SMILES string of the molecule is CCOc1ccccc1NC(=O)/C(C#N)=C/c1ccc(OC)c(O)c1. The Bertz CT molecular complexity index is 838. The summed E-state index contributed by atoms with van der Waals surface area (Å²) >= 11 is 0. The van der Waals surface area contributed by atoms with Crippen LogP contribution in [0.1, 0.15) is 12.5 Å². The van der Waals surface area contributed by atoms with Crippen molar-refractivity contribution in [2.75, 3.05) is 19.0 Å². The van der Waals surface area contributed by atoms with Gasteiger partial charge < -0.3 is 19.9 Å². The van der Waals surface area contributed by atoms with Crippen LogP contribution in [0, 0.1) is 11.3 Å². The number of carbonyl (C=O) groups excluding carboxylic acids is 1. The van der Waals surface area contributed by atoms with Crippen LogP contribution in [0.25, 0.3) is 6.08 Å². The third-order valence-corrected chi connectivity index (χ3v) is 3.31. The molecule has 2 aromatic carbocycles. The van der Waals surface area contributed by atoms with Crippen LogP contribution in [0.2, 0.25) is 0 Å². The number of nitrogens with zero attached hydrogens (tertiary/aromatic N) is 1. The number of carbonyl (C=O) groups is 1. The number of nitrogens with one attached hydrogen (secondary N) is 1. The molecule has 2 aromatic rings. The molecular weight excluding hydrogens is 320 g/mol. The van der Waals surface area contributed by atoms with Gasteiger partial charge in [0.15, 0.2) is 11.5 Å². The Morgan fingerprint density at radius 2 is 2.04 bits per heavy atom. The molecule has 0 radical (unpaired) electrons. The third-order valence-electron chi connectivity index (χ3n) is 3.31. The predicted octanol–water partition coefficient (Wildman–Crippen LogP) is 3.35. The average Bonchev–Trinajstić information content (AvgIpc) is 2.61. The Labute approximate surface area is 145 Å². The molecule has 6 nitrogen and oxygen atoms in total.